The van der Waals surface area contributed by atoms with Crippen LogP contribution in [0.5, 0.6) is 0 Å². The third kappa shape index (κ3) is 3.16. The number of rotatable bonds is 7. The largest absolute Gasteiger partial charge is 0.332 e. The van der Waals surface area contributed by atoms with Gasteiger partial charge in [-0.05, 0) is 39.0 Å². The summed E-state index contributed by atoms with van der Waals surface area (Å²) in [7, 11) is 0. The van der Waals surface area contributed by atoms with E-state index in [0.717, 1.165) is 31.5 Å². The molecule has 4 heteroatoms. The summed E-state index contributed by atoms with van der Waals surface area (Å²) in [5, 5.41) is 13.2. The molecular formula is C15H24N4. The number of hydrogen-bond acceptors (Lipinski definition) is 3. The molecule has 1 aliphatic carbocycles. The van der Waals surface area contributed by atoms with Crippen LogP contribution in [0, 0.1) is 17.2 Å². The van der Waals surface area contributed by atoms with Crippen LogP contribution in [-0.4, -0.2) is 21.1 Å². The summed E-state index contributed by atoms with van der Waals surface area (Å²) in [6.07, 6.45) is 8.21. The standard InChI is InChI=1S/C15H24N4/c1-4-5-14-17-8-9-19(14)11-15(10-16,13-6-7-13)18-12(2)3/h8-9,12-13,18H,4-7,11H2,1-3H3. The third-order valence-electron chi connectivity index (χ3n) is 3.72. The first-order valence-electron chi connectivity index (χ1n) is 7.30. The van der Waals surface area contributed by atoms with Crippen LogP contribution in [0.4, 0.5) is 0 Å². The highest BCUT2D eigenvalue weighted by atomic mass is 15.1. The van der Waals surface area contributed by atoms with Gasteiger partial charge in [0.05, 0.1) is 12.6 Å². The highest BCUT2D eigenvalue weighted by Crippen LogP contribution is 2.40. The normalized spacial score (nSPS) is 18.3. The Morgan fingerprint density at radius 1 is 1.58 bits per heavy atom. The molecule has 1 unspecified atom stereocenters. The SMILES string of the molecule is CCCc1nccn1CC(C#N)(NC(C)C)C1CC1. The van der Waals surface area contributed by atoms with E-state index in [1.165, 1.54) is 0 Å². The number of aryl methyl sites for hydroxylation is 1. The van der Waals surface area contributed by atoms with Gasteiger partial charge in [-0.1, -0.05) is 6.92 Å². The molecule has 2 rings (SSSR count). The van der Waals surface area contributed by atoms with Crippen molar-refractivity contribution >= 4 is 0 Å². The van der Waals surface area contributed by atoms with Crippen molar-refractivity contribution in [1.82, 2.24) is 14.9 Å². The molecule has 1 saturated carbocycles. The molecule has 1 heterocycles. The molecule has 0 amide bonds. The molecule has 0 aliphatic heterocycles. The lowest BCUT2D eigenvalue weighted by molar-refractivity contribution is 0.291. The highest BCUT2D eigenvalue weighted by molar-refractivity contribution is 5.16. The zero-order valence-electron chi connectivity index (χ0n) is 12.2. The Balaban J connectivity index is 2.20. The number of nitrogens with zero attached hydrogens (tertiary/aromatic N) is 3. The van der Waals surface area contributed by atoms with Crippen LogP contribution in [0.25, 0.3) is 0 Å². The Labute approximate surface area is 115 Å². The second kappa shape index (κ2) is 5.75. The van der Waals surface area contributed by atoms with Crippen LogP contribution in [-0.2, 0) is 13.0 Å². The number of aromatic nitrogens is 2. The van der Waals surface area contributed by atoms with Gasteiger partial charge in [0.15, 0.2) is 0 Å². The zero-order valence-corrected chi connectivity index (χ0v) is 12.2. The van der Waals surface area contributed by atoms with Crippen molar-refractivity contribution in [3.8, 4) is 6.07 Å². The fraction of sp³-hybridized carbons (Fsp3) is 0.733. The summed E-state index contributed by atoms with van der Waals surface area (Å²) < 4.78 is 2.15. The fourth-order valence-corrected chi connectivity index (χ4v) is 2.75. The van der Waals surface area contributed by atoms with E-state index < -0.39 is 5.54 Å². The van der Waals surface area contributed by atoms with E-state index in [1.807, 2.05) is 12.4 Å². The van der Waals surface area contributed by atoms with Gasteiger partial charge in [0.2, 0.25) is 0 Å². The van der Waals surface area contributed by atoms with Crippen LogP contribution in [0.3, 0.4) is 0 Å². The molecule has 0 spiro atoms. The minimum atomic E-state index is -0.433. The molecular weight excluding hydrogens is 236 g/mol. The summed E-state index contributed by atoms with van der Waals surface area (Å²) in [5.41, 5.74) is -0.433. The molecule has 0 bridgehead atoms. The number of hydrogen-bond donors (Lipinski definition) is 1. The Kier molecular flexibility index (Phi) is 4.26. The first kappa shape index (κ1) is 14.1. The van der Waals surface area contributed by atoms with Crippen molar-refractivity contribution in [1.29, 1.82) is 5.26 Å². The number of nitriles is 1. The number of nitrogens with one attached hydrogen (secondary N) is 1. The highest BCUT2D eigenvalue weighted by Gasteiger charge is 2.46. The second-order valence-electron chi connectivity index (χ2n) is 5.88. The summed E-state index contributed by atoms with van der Waals surface area (Å²) in [6.45, 7) is 7.08. The average molecular weight is 260 g/mol. The summed E-state index contributed by atoms with van der Waals surface area (Å²) in [4.78, 5) is 4.41. The van der Waals surface area contributed by atoms with Gasteiger partial charge in [-0.3, -0.25) is 5.32 Å². The van der Waals surface area contributed by atoms with Crippen molar-refractivity contribution in [2.75, 3.05) is 0 Å². The van der Waals surface area contributed by atoms with E-state index in [-0.39, 0.29) is 0 Å². The number of imidazole rings is 1. The first-order valence-corrected chi connectivity index (χ1v) is 7.30. The molecule has 104 valence electrons. The van der Waals surface area contributed by atoms with Crippen LogP contribution < -0.4 is 5.32 Å². The van der Waals surface area contributed by atoms with E-state index >= 15 is 0 Å². The Hall–Kier alpha value is -1.34. The first-order chi connectivity index (χ1) is 9.11. The molecule has 1 N–H and O–H groups in total. The van der Waals surface area contributed by atoms with E-state index in [4.69, 9.17) is 0 Å². The predicted octanol–water partition coefficient (Wildman–Crippen LogP) is 2.51. The minimum absolute atomic E-state index is 0.318. The van der Waals surface area contributed by atoms with Gasteiger partial charge >= 0.3 is 0 Å². The van der Waals surface area contributed by atoms with Crippen LogP contribution >= 0.6 is 0 Å². The molecule has 1 atom stereocenters. The van der Waals surface area contributed by atoms with Crippen molar-refractivity contribution in [3.05, 3.63) is 18.2 Å². The van der Waals surface area contributed by atoms with Gasteiger partial charge in [0.25, 0.3) is 0 Å². The maximum Gasteiger partial charge on any atom is 0.127 e. The molecule has 1 aliphatic rings. The van der Waals surface area contributed by atoms with Gasteiger partial charge in [0, 0.05) is 24.9 Å². The lowest BCUT2D eigenvalue weighted by atomic mass is 9.93. The topological polar surface area (TPSA) is 53.6 Å². The predicted molar refractivity (Wildman–Crippen MR) is 75.6 cm³/mol. The quantitative estimate of drug-likeness (QED) is 0.819. The van der Waals surface area contributed by atoms with Crippen molar-refractivity contribution < 1.29 is 0 Å². The van der Waals surface area contributed by atoms with E-state index in [9.17, 15) is 5.26 Å². The Bertz CT molecular complexity index is 453. The van der Waals surface area contributed by atoms with Gasteiger partial charge in [-0.2, -0.15) is 5.26 Å². The summed E-state index contributed by atoms with van der Waals surface area (Å²) in [6, 6.07) is 2.87. The van der Waals surface area contributed by atoms with E-state index in [1.54, 1.807) is 0 Å². The van der Waals surface area contributed by atoms with E-state index in [2.05, 4.69) is 41.7 Å². The fourth-order valence-electron chi connectivity index (χ4n) is 2.75. The molecule has 0 radical (unpaired) electrons. The van der Waals surface area contributed by atoms with Gasteiger partial charge in [0.1, 0.15) is 11.4 Å². The molecule has 1 aromatic heterocycles. The monoisotopic (exact) mass is 260 g/mol. The lowest BCUT2D eigenvalue weighted by Crippen LogP contribution is -2.52. The maximum atomic E-state index is 9.71. The summed E-state index contributed by atoms with van der Waals surface area (Å²) in [5.74, 6) is 1.57. The summed E-state index contributed by atoms with van der Waals surface area (Å²) >= 11 is 0. The van der Waals surface area contributed by atoms with Crippen LogP contribution in [0.15, 0.2) is 12.4 Å². The maximum absolute atomic E-state index is 9.71. The van der Waals surface area contributed by atoms with Crippen molar-refractivity contribution in [2.24, 2.45) is 5.92 Å². The second-order valence-corrected chi connectivity index (χ2v) is 5.88. The smallest absolute Gasteiger partial charge is 0.127 e. The Morgan fingerprint density at radius 2 is 2.32 bits per heavy atom. The third-order valence-corrected chi connectivity index (χ3v) is 3.72. The average Bonchev–Trinajstić information content (AvgIpc) is 3.13. The van der Waals surface area contributed by atoms with Gasteiger partial charge in [-0.25, -0.2) is 4.98 Å². The molecule has 4 nitrogen and oxygen atoms in total. The molecule has 19 heavy (non-hydrogen) atoms. The van der Waals surface area contributed by atoms with Crippen LogP contribution in [0.2, 0.25) is 0 Å². The van der Waals surface area contributed by atoms with Gasteiger partial charge in [-0.15, -0.1) is 0 Å². The molecule has 1 fully saturated rings. The lowest BCUT2D eigenvalue weighted by Gasteiger charge is -2.31. The zero-order chi connectivity index (χ0) is 13.9. The molecule has 0 saturated heterocycles. The van der Waals surface area contributed by atoms with Gasteiger partial charge < -0.3 is 4.57 Å². The van der Waals surface area contributed by atoms with Crippen molar-refractivity contribution in [2.45, 2.75) is 64.6 Å². The molecule has 0 aromatic carbocycles. The Morgan fingerprint density at radius 3 is 2.84 bits per heavy atom. The van der Waals surface area contributed by atoms with Crippen LogP contribution in [0.1, 0.15) is 45.9 Å². The minimum Gasteiger partial charge on any atom is -0.332 e. The van der Waals surface area contributed by atoms with Crippen molar-refractivity contribution in [3.63, 3.8) is 0 Å². The molecule has 1 aromatic rings. The van der Waals surface area contributed by atoms with E-state index in [0.29, 0.717) is 18.5 Å².